The van der Waals surface area contributed by atoms with Crippen molar-refractivity contribution >= 4 is 11.6 Å². The van der Waals surface area contributed by atoms with Crippen LogP contribution in [0, 0.1) is 5.92 Å². The largest absolute Gasteiger partial charge is 0.494 e. The predicted molar refractivity (Wildman–Crippen MR) is 120 cm³/mol. The highest BCUT2D eigenvalue weighted by Crippen LogP contribution is 2.39. The van der Waals surface area contributed by atoms with Crippen molar-refractivity contribution in [1.82, 2.24) is 15.3 Å². The second kappa shape index (κ2) is 9.96. The van der Waals surface area contributed by atoms with Crippen molar-refractivity contribution in [2.75, 3.05) is 19.7 Å². The molecule has 32 heavy (non-hydrogen) atoms. The van der Waals surface area contributed by atoms with Gasteiger partial charge >= 0.3 is 6.18 Å². The van der Waals surface area contributed by atoms with E-state index in [1.165, 1.54) is 12.8 Å². The first-order valence-electron chi connectivity index (χ1n) is 10.8. The summed E-state index contributed by atoms with van der Waals surface area (Å²) in [6.07, 6.45) is -0.0799. The van der Waals surface area contributed by atoms with Gasteiger partial charge in [0.2, 0.25) is 0 Å². The molecule has 2 aromatic carbocycles. The van der Waals surface area contributed by atoms with E-state index in [0.29, 0.717) is 23.5 Å². The number of aromatic nitrogens is 2. The van der Waals surface area contributed by atoms with E-state index in [-0.39, 0.29) is 16.5 Å². The highest BCUT2D eigenvalue weighted by atomic mass is 35.5. The van der Waals surface area contributed by atoms with Crippen LogP contribution in [0.5, 0.6) is 5.75 Å². The highest BCUT2D eigenvalue weighted by Gasteiger charge is 2.37. The summed E-state index contributed by atoms with van der Waals surface area (Å²) in [5, 5.41) is 3.64. The summed E-state index contributed by atoms with van der Waals surface area (Å²) in [7, 11) is 0. The van der Waals surface area contributed by atoms with E-state index < -0.39 is 11.9 Å². The number of piperidine rings is 1. The van der Waals surface area contributed by atoms with E-state index in [1.54, 1.807) is 48.5 Å². The van der Waals surface area contributed by atoms with Crippen molar-refractivity contribution < 1.29 is 17.9 Å². The Morgan fingerprint density at radius 2 is 1.81 bits per heavy atom. The Morgan fingerprint density at radius 1 is 1.06 bits per heavy atom. The molecule has 0 spiro atoms. The molecule has 0 amide bonds. The van der Waals surface area contributed by atoms with Gasteiger partial charge in [0, 0.05) is 11.1 Å². The zero-order chi connectivity index (χ0) is 22.6. The first kappa shape index (κ1) is 22.7. The van der Waals surface area contributed by atoms with Crippen LogP contribution in [0.1, 0.15) is 31.4 Å². The molecule has 1 aliphatic rings. The van der Waals surface area contributed by atoms with Crippen molar-refractivity contribution in [3.8, 4) is 28.4 Å². The Balaban J connectivity index is 1.47. The van der Waals surface area contributed by atoms with Gasteiger partial charge < -0.3 is 15.0 Å². The van der Waals surface area contributed by atoms with Crippen LogP contribution in [-0.2, 0) is 6.18 Å². The first-order valence-corrected chi connectivity index (χ1v) is 11.2. The molecule has 0 unspecified atom stereocenters. The van der Waals surface area contributed by atoms with E-state index in [4.69, 9.17) is 16.3 Å². The fraction of sp³-hybridized carbons (Fsp3) is 0.375. The fourth-order valence-electron chi connectivity index (χ4n) is 4.02. The molecule has 0 saturated carbocycles. The third-order valence-corrected chi connectivity index (χ3v) is 6.03. The summed E-state index contributed by atoms with van der Waals surface area (Å²) in [6, 6.07) is 13.3. The van der Waals surface area contributed by atoms with E-state index in [2.05, 4.69) is 15.3 Å². The Hall–Kier alpha value is -2.51. The zero-order valence-electron chi connectivity index (χ0n) is 17.5. The van der Waals surface area contributed by atoms with Crippen molar-refractivity contribution in [1.29, 1.82) is 0 Å². The number of benzene rings is 2. The number of hydrogen-bond donors (Lipinski definition) is 2. The number of hydrogen-bond acceptors (Lipinski definition) is 3. The number of aromatic amines is 1. The second-order valence-corrected chi connectivity index (χ2v) is 8.41. The molecule has 1 aliphatic heterocycles. The summed E-state index contributed by atoms with van der Waals surface area (Å²) >= 11 is 6.39. The topological polar surface area (TPSA) is 49.9 Å². The second-order valence-electron chi connectivity index (χ2n) is 8.00. The molecule has 4 rings (SSSR count). The molecule has 1 aromatic heterocycles. The van der Waals surface area contributed by atoms with Crippen LogP contribution in [0.4, 0.5) is 13.2 Å². The number of rotatable bonds is 7. The lowest BCUT2D eigenvalue weighted by Gasteiger charge is -2.22. The third kappa shape index (κ3) is 5.45. The Kier molecular flexibility index (Phi) is 7.06. The molecule has 8 heteroatoms. The van der Waals surface area contributed by atoms with Crippen LogP contribution in [0.3, 0.4) is 0 Å². The number of alkyl halides is 3. The molecule has 4 nitrogen and oxygen atoms in total. The summed E-state index contributed by atoms with van der Waals surface area (Å²) < 4.78 is 46.6. The van der Waals surface area contributed by atoms with Crippen LogP contribution in [-0.4, -0.2) is 29.7 Å². The SMILES string of the molecule is FC(F)(F)c1[nH]c(-c2ccc(OCCCC3CCNCC3)cc2Cl)nc1-c1ccccc1. The third-order valence-electron chi connectivity index (χ3n) is 5.71. The Bertz CT molecular complexity index is 1030. The van der Waals surface area contributed by atoms with Gasteiger partial charge in [0.25, 0.3) is 0 Å². The zero-order valence-corrected chi connectivity index (χ0v) is 18.3. The molecule has 3 aromatic rings. The minimum atomic E-state index is -4.57. The molecular weight excluding hydrogens is 439 g/mol. The van der Waals surface area contributed by atoms with Gasteiger partial charge in [-0.15, -0.1) is 0 Å². The molecule has 2 N–H and O–H groups in total. The van der Waals surface area contributed by atoms with E-state index >= 15 is 0 Å². The van der Waals surface area contributed by atoms with E-state index in [9.17, 15) is 13.2 Å². The van der Waals surface area contributed by atoms with Crippen molar-refractivity contribution in [3.63, 3.8) is 0 Å². The number of imidazole rings is 1. The van der Waals surface area contributed by atoms with Crippen LogP contribution in [0.25, 0.3) is 22.6 Å². The average molecular weight is 464 g/mol. The number of nitrogens with one attached hydrogen (secondary N) is 2. The summed E-state index contributed by atoms with van der Waals surface area (Å²) in [6.45, 7) is 2.74. The van der Waals surface area contributed by atoms with E-state index in [1.807, 2.05) is 0 Å². The fourth-order valence-corrected chi connectivity index (χ4v) is 4.28. The molecular formula is C24H25ClF3N3O. The number of nitrogens with zero attached hydrogens (tertiary/aromatic N) is 1. The molecule has 1 saturated heterocycles. The van der Waals surface area contributed by atoms with Gasteiger partial charge in [0.1, 0.15) is 23.0 Å². The number of H-pyrrole nitrogens is 1. The van der Waals surface area contributed by atoms with Gasteiger partial charge in [-0.3, -0.25) is 0 Å². The maximum atomic E-state index is 13.6. The molecule has 0 bridgehead atoms. The van der Waals surface area contributed by atoms with Crippen molar-refractivity contribution in [2.24, 2.45) is 5.92 Å². The standard InChI is InChI=1S/C24H25ClF3N3O/c25-20-15-18(32-14-4-5-16-10-12-29-13-11-16)8-9-19(20)23-30-21(17-6-2-1-3-7-17)22(31-23)24(26,27)28/h1-3,6-9,15-16,29H,4-5,10-14H2,(H,30,31). The summed E-state index contributed by atoms with van der Waals surface area (Å²) in [5.74, 6) is 1.40. The van der Waals surface area contributed by atoms with E-state index in [0.717, 1.165) is 31.8 Å². The minimum Gasteiger partial charge on any atom is -0.494 e. The predicted octanol–water partition coefficient (Wildman–Crippen LogP) is 6.57. The lowest BCUT2D eigenvalue weighted by molar-refractivity contribution is -0.140. The van der Waals surface area contributed by atoms with Crippen LogP contribution in [0.2, 0.25) is 5.02 Å². The number of halogens is 4. The molecule has 0 atom stereocenters. The van der Waals surface area contributed by atoms with Gasteiger partial charge in [-0.05, 0) is 62.9 Å². The van der Waals surface area contributed by atoms with Gasteiger partial charge in [-0.1, -0.05) is 41.9 Å². The molecule has 2 heterocycles. The molecule has 0 radical (unpaired) electrons. The van der Waals surface area contributed by atoms with Crippen molar-refractivity contribution in [2.45, 2.75) is 31.9 Å². The molecule has 170 valence electrons. The quantitative estimate of drug-likeness (QED) is 0.389. The lowest BCUT2D eigenvalue weighted by atomic mass is 9.93. The van der Waals surface area contributed by atoms with Crippen LogP contribution < -0.4 is 10.1 Å². The first-order chi connectivity index (χ1) is 15.4. The Morgan fingerprint density at radius 3 is 2.50 bits per heavy atom. The molecule has 0 aliphatic carbocycles. The van der Waals surface area contributed by atoms with Crippen LogP contribution >= 0.6 is 11.6 Å². The normalized spacial score (nSPS) is 15.1. The Labute approximate surface area is 190 Å². The maximum Gasteiger partial charge on any atom is 0.433 e. The monoisotopic (exact) mass is 463 g/mol. The van der Waals surface area contributed by atoms with Crippen molar-refractivity contribution in [3.05, 3.63) is 59.2 Å². The number of ether oxygens (including phenoxy) is 1. The summed E-state index contributed by atoms with van der Waals surface area (Å²) in [5.41, 5.74) is -0.274. The molecule has 1 fully saturated rings. The van der Waals surface area contributed by atoms with Gasteiger partial charge in [-0.2, -0.15) is 13.2 Å². The average Bonchev–Trinajstić information content (AvgIpc) is 3.24. The minimum absolute atomic E-state index is 0.0682. The van der Waals surface area contributed by atoms with Gasteiger partial charge in [0.15, 0.2) is 0 Å². The lowest BCUT2D eigenvalue weighted by Crippen LogP contribution is -2.27. The van der Waals surface area contributed by atoms with Gasteiger partial charge in [0.05, 0.1) is 11.6 Å². The van der Waals surface area contributed by atoms with Crippen LogP contribution in [0.15, 0.2) is 48.5 Å². The smallest absolute Gasteiger partial charge is 0.433 e. The summed E-state index contributed by atoms with van der Waals surface area (Å²) in [4.78, 5) is 6.65. The van der Waals surface area contributed by atoms with Gasteiger partial charge in [-0.25, -0.2) is 4.98 Å². The highest BCUT2D eigenvalue weighted by molar-refractivity contribution is 6.33. The maximum absolute atomic E-state index is 13.6.